The third-order valence-corrected chi connectivity index (χ3v) is 5.82. The minimum atomic E-state index is 0.676. The van der Waals surface area contributed by atoms with Gasteiger partial charge in [0.2, 0.25) is 0 Å². The summed E-state index contributed by atoms with van der Waals surface area (Å²) in [5, 5.41) is 1.35. The van der Waals surface area contributed by atoms with Gasteiger partial charge in [-0.2, -0.15) is 0 Å². The second kappa shape index (κ2) is 8.08. The Labute approximate surface area is 151 Å². The fourth-order valence-electron chi connectivity index (χ4n) is 1.91. The molecule has 0 unspecified atom stereocenters. The Bertz CT molecular complexity index is 730. The van der Waals surface area contributed by atoms with E-state index in [1.807, 2.05) is 62.4 Å². The predicted octanol–water partition coefficient (Wildman–Crippen LogP) is 4.12. The number of thioether (sulfide) groups is 2. The van der Waals surface area contributed by atoms with E-state index in [-0.39, 0.29) is 0 Å². The molecule has 24 heavy (non-hydrogen) atoms. The fourth-order valence-corrected chi connectivity index (χ4v) is 3.66. The quantitative estimate of drug-likeness (QED) is 0.364. The van der Waals surface area contributed by atoms with Gasteiger partial charge in [-0.05, 0) is 49.3 Å². The molecule has 0 atom stereocenters. The highest BCUT2D eigenvalue weighted by molar-refractivity contribution is 8.03. The van der Waals surface area contributed by atoms with Crippen LogP contribution in [0.25, 0.3) is 0 Å². The van der Waals surface area contributed by atoms with Crippen LogP contribution in [0.15, 0.2) is 79.5 Å². The molecule has 8 N–H and O–H groups in total. The van der Waals surface area contributed by atoms with E-state index in [0.29, 0.717) is 21.4 Å². The predicted molar refractivity (Wildman–Crippen MR) is 107 cm³/mol. The standard InChI is InChI=1S/C18H22N4S2/c1-11(17(21)23-15-9-5-3-7-13(15)19)12(2)18(22)24-16-10-6-4-8-14(16)20/h3-10H,19-22H2,1-2H3. The zero-order chi connectivity index (χ0) is 17.7. The zero-order valence-corrected chi connectivity index (χ0v) is 15.4. The van der Waals surface area contributed by atoms with Gasteiger partial charge in [-0.1, -0.05) is 47.8 Å². The fraction of sp³-hybridized carbons (Fsp3) is 0.111. The molecule has 0 aliphatic rings. The Morgan fingerprint density at radius 1 is 0.667 bits per heavy atom. The van der Waals surface area contributed by atoms with Gasteiger partial charge in [-0.25, -0.2) is 0 Å². The van der Waals surface area contributed by atoms with Crippen LogP contribution in [-0.4, -0.2) is 0 Å². The molecule has 0 bridgehead atoms. The number of benzene rings is 2. The third kappa shape index (κ3) is 4.43. The Morgan fingerprint density at radius 3 is 1.33 bits per heavy atom. The normalized spacial score (nSPS) is 13.2. The van der Waals surface area contributed by atoms with Gasteiger partial charge >= 0.3 is 0 Å². The highest BCUT2D eigenvalue weighted by Gasteiger charge is 2.10. The van der Waals surface area contributed by atoms with E-state index in [1.54, 1.807) is 0 Å². The van der Waals surface area contributed by atoms with Crippen molar-refractivity contribution in [3.05, 3.63) is 69.7 Å². The molecular formula is C18H22N4S2. The Kier molecular flexibility index (Phi) is 6.11. The summed E-state index contributed by atoms with van der Waals surface area (Å²) >= 11 is 2.88. The summed E-state index contributed by atoms with van der Waals surface area (Å²) in [5.74, 6) is 0. The van der Waals surface area contributed by atoms with Gasteiger partial charge in [0.1, 0.15) is 0 Å². The van der Waals surface area contributed by atoms with E-state index >= 15 is 0 Å². The van der Waals surface area contributed by atoms with Crippen molar-refractivity contribution < 1.29 is 0 Å². The van der Waals surface area contributed by atoms with Crippen molar-refractivity contribution in [1.29, 1.82) is 0 Å². The molecule has 0 saturated heterocycles. The van der Waals surface area contributed by atoms with E-state index in [1.165, 1.54) is 23.5 Å². The molecule has 2 rings (SSSR count). The summed E-state index contributed by atoms with van der Waals surface area (Å²) in [5.41, 5.74) is 27.7. The van der Waals surface area contributed by atoms with Crippen LogP contribution < -0.4 is 22.9 Å². The summed E-state index contributed by atoms with van der Waals surface area (Å²) in [6, 6.07) is 15.3. The van der Waals surface area contributed by atoms with Crippen molar-refractivity contribution in [1.82, 2.24) is 0 Å². The van der Waals surface area contributed by atoms with E-state index in [0.717, 1.165) is 20.9 Å². The lowest BCUT2D eigenvalue weighted by molar-refractivity contribution is 1.25. The molecule has 2 aromatic carbocycles. The summed E-state index contributed by atoms with van der Waals surface area (Å²) < 4.78 is 0. The maximum absolute atomic E-state index is 6.24. The average Bonchev–Trinajstić information content (AvgIpc) is 2.57. The molecule has 0 heterocycles. The second-order valence-electron chi connectivity index (χ2n) is 5.26. The lowest BCUT2D eigenvalue weighted by atomic mass is 10.2. The van der Waals surface area contributed by atoms with E-state index < -0.39 is 0 Å². The Balaban J connectivity index is 2.24. The SMILES string of the molecule is CC(=C(N)Sc1ccccc1N)C(C)=C(N)Sc1ccccc1N. The molecule has 0 aromatic heterocycles. The molecule has 6 heteroatoms. The van der Waals surface area contributed by atoms with E-state index in [4.69, 9.17) is 22.9 Å². The van der Waals surface area contributed by atoms with E-state index in [9.17, 15) is 0 Å². The topological polar surface area (TPSA) is 104 Å². The number of nitrogen functional groups attached to an aromatic ring is 2. The Hall–Kier alpha value is -2.18. The van der Waals surface area contributed by atoms with Crippen LogP contribution in [0.4, 0.5) is 11.4 Å². The molecule has 0 fully saturated rings. The summed E-state index contributed by atoms with van der Waals surface area (Å²) in [4.78, 5) is 1.86. The lowest BCUT2D eigenvalue weighted by Crippen LogP contribution is -2.04. The number of hydrogen-bond donors (Lipinski definition) is 4. The second-order valence-corrected chi connectivity index (χ2v) is 7.43. The smallest absolute Gasteiger partial charge is 0.0737 e. The zero-order valence-electron chi connectivity index (χ0n) is 13.7. The van der Waals surface area contributed by atoms with Crippen LogP contribution in [0.3, 0.4) is 0 Å². The maximum atomic E-state index is 6.24. The molecule has 126 valence electrons. The molecule has 4 nitrogen and oxygen atoms in total. The molecule has 0 amide bonds. The third-order valence-electron chi connectivity index (χ3n) is 3.58. The molecule has 0 saturated carbocycles. The van der Waals surface area contributed by atoms with Crippen LogP contribution >= 0.6 is 23.5 Å². The van der Waals surface area contributed by atoms with Crippen LogP contribution in [-0.2, 0) is 0 Å². The molecular weight excluding hydrogens is 336 g/mol. The minimum absolute atomic E-state index is 0.676. The van der Waals surface area contributed by atoms with Gasteiger partial charge in [0, 0.05) is 21.2 Å². The van der Waals surface area contributed by atoms with Crippen molar-refractivity contribution >= 4 is 34.9 Å². The van der Waals surface area contributed by atoms with Crippen LogP contribution in [0.5, 0.6) is 0 Å². The molecule has 0 aliphatic heterocycles. The summed E-state index contributed by atoms with van der Waals surface area (Å²) in [6.45, 7) is 3.91. The van der Waals surface area contributed by atoms with Gasteiger partial charge in [0.25, 0.3) is 0 Å². The number of nitrogens with two attached hydrogens (primary N) is 4. The maximum Gasteiger partial charge on any atom is 0.0737 e. The first kappa shape index (κ1) is 18.2. The number of hydrogen-bond acceptors (Lipinski definition) is 6. The highest BCUT2D eigenvalue weighted by atomic mass is 32.2. The largest absolute Gasteiger partial charge is 0.398 e. The first-order valence-electron chi connectivity index (χ1n) is 7.38. The van der Waals surface area contributed by atoms with E-state index in [2.05, 4.69) is 0 Å². The molecule has 0 radical (unpaired) electrons. The number of anilines is 2. The number of para-hydroxylation sites is 2. The van der Waals surface area contributed by atoms with Gasteiger partial charge in [0.05, 0.1) is 10.1 Å². The number of rotatable bonds is 5. The number of allylic oxidation sites excluding steroid dienone is 2. The Morgan fingerprint density at radius 2 is 1.00 bits per heavy atom. The molecule has 0 spiro atoms. The van der Waals surface area contributed by atoms with Crippen molar-refractivity contribution in [2.24, 2.45) is 11.5 Å². The van der Waals surface area contributed by atoms with Crippen molar-refractivity contribution in [3.8, 4) is 0 Å². The van der Waals surface area contributed by atoms with Gasteiger partial charge in [-0.15, -0.1) is 0 Å². The molecule has 0 aliphatic carbocycles. The van der Waals surface area contributed by atoms with Crippen molar-refractivity contribution in [2.45, 2.75) is 23.6 Å². The lowest BCUT2D eigenvalue weighted by Gasteiger charge is -2.13. The van der Waals surface area contributed by atoms with Crippen molar-refractivity contribution in [3.63, 3.8) is 0 Å². The van der Waals surface area contributed by atoms with Gasteiger partial charge in [0.15, 0.2) is 0 Å². The first-order chi connectivity index (χ1) is 11.4. The van der Waals surface area contributed by atoms with Crippen LogP contribution in [0.2, 0.25) is 0 Å². The van der Waals surface area contributed by atoms with Gasteiger partial charge in [-0.3, -0.25) is 0 Å². The average molecular weight is 359 g/mol. The summed E-state index contributed by atoms with van der Waals surface area (Å²) in [7, 11) is 0. The highest BCUT2D eigenvalue weighted by Crippen LogP contribution is 2.35. The van der Waals surface area contributed by atoms with Crippen molar-refractivity contribution in [2.75, 3.05) is 11.5 Å². The first-order valence-corrected chi connectivity index (χ1v) is 9.01. The molecule has 2 aromatic rings. The van der Waals surface area contributed by atoms with Crippen LogP contribution in [0.1, 0.15) is 13.8 Å². The van der Waals surface area contributed by atoms with Gasteiger partial charge < -0.3 is 22.9 Å². The summed E-state index contributed by atoms with van der Waals surface area (Å²) in [6.07, 6.45) is 0. The minimum Gasteiger partial charge on any atom is -0.398 e. The monoisotopic (exact) mass is 358 g/mol. The van der Waals surface area contributed by atoms with Crippen LogP contribution in [0, 0.1) is 0 Å².